The van der Waals surface area contributed by atoms with Crippen LogP contribution in [0.2, 0.25) is 0 Å². The van der Waals surface area contributed by atoms with Crippen LogP contribution in [0.1, 0.15) is 26.7 Å². The number of carbonyl (C=O) groups excluding carboxylic acids is 1. The minimum absolute atomic E-state index is 0.0896. The van der Waals surface area contributed by atoms with Crippen molar-refractivity contribution in [2.45, 2.75) is 32.8 Å². The number of rotatable bonds is 6. The lowest BCUT2D eigenvalue weighted by molar-refractivity contribution is -0.147. The van der Waals surface area contributed by atoms with Crippen LogP contribution >= 0.6 is 0 Å². The lowest BCUT2D eigenvalue weighted by Crippen LogP contribution is -2.23. The molecule has 0 aliphatic heterocycles. The first-order valence-corrected chi connectivity index (χ1v) is 4.53. The Balaban J connectivity index is 3.70. The molecule has 0 aromatic rings. The van der Waals surface area contributed by atoms with Crippen molar-refractivity contribution in [3.05, 3.63) is 0 Å². The minimum Gasteiger partial charge on any atom is -0.481 e. The third kappa shape index (κ3) is 5.53. The largest absolute Gasteiger partial charge is 0.481 e. The number of esters is 1. The molecule has 14 heavy (non-hydrogen) atoms. The number of hydrogen-bond donors (Lipinski definition) is 2. The van der Waals surface area contributed by atoms with Crippen molar-refractivity contribution in [2.75, 3.05) is 6.61 Å². The van der Waals surface area contributed by atoms with Gasteiger partial charge in [-0.25, -0.2) is 0 Å². The fourth-order valence-electron chi connectivity index (χ4n) is 0.868. The zero-order chi connectivity index (χ0) is 11.1. The van der Waals surface area contributed by atoms with Crippen molar-refractivity contribution >= 4 is 11.9 Å². The van der Waals surface area contributed by atoms with Crippen LogP contribution in [0.3, 0.4) is 0 Å². The molecule has 2 unspecified atom stereocenters. The van der Waals surface area contributed by atoms with Gasteiger partial charge in [-0.1, -0.05) is 13.8 Å². The highest BCUT2D eigenvalue weighted by Crippen LogP contribution is 2.06. The van der Waals surface area contributed by atoms with Crippen LogP contribution < -0.4 is 0 Å². The van der Waals surface area contributed by atoms with Crippen molar-refractivity contribution in [2.24, 2.45) is 5.92 Å². The van der Waals surface area contributed by atoms with Crippen molar-refractivity contribution in [1.29, 1.82) is 0 Å². The molecule has 5 nitrogen and oxygen atoms in total. The van der Waals surface area contributed by atoms with Crippen LogP contribution in [0, 0.1) is 5.92 Å². The van der Waals surface area contributed by atoms with E-state index in [0.29, 0.717) is 0 Å². The van der Waals surface area contributed by atoms with Crippen LogP contribution in [0.25, 0.3) is 0 Å². The van der Waals surface area contributed by atoms with Gasteiger partial charge in [-0.3, -0.25) is 9.59 Å². The van der Waals surface area contributed by atoms with Gasteiger partial charge in [0.15, 0.2) is 0 Å². The van der Waals surface area contributed by atoms with E-state index < -0.39 is 24.0 Å². The zero-order valence-electron chi connectivity index (χ0n) is 8.40. The van der Waals surface area contributed by atoms with E-state index in [1.165, 1.54) is 6.92 Å². The predicted molar refractivity (Wildman–Crippen MR) is 48.7 cm³/mol. The molecule has 0 aliphatic rings. The standard InChI is InChI=1S/C9H16O5/c1-3-8(11)14-5-7(10)4-6(2)9(12)13/h6-7,10H,3-5H2,1-2H3,(H,12,13). The van der Waals surface area contributed by atoms with E-state index in [-0.39, 0.29) is 19.4 Å². The van der Waals surface area contributed by atoms with E-state index in [1.54, 1.807) is 6.92 Å². The smallest absolute Gasteiger partial charge is 0.306 e. The molecule has 0 bridgehead atoms. The van der Waals surface area contributed by atoms with Gasteiger partial charge in [0.1, 0.15) is 6.61 Å². The second kappa shape index (κ2) is 6.37. The van der Waals surface area contributed by atoms with Crippen LogP contribution in [0.5, 0.6) is 0 Å². The van der Waals surface area contributed by atoms with E-state index in [2.05, 4.69) is 4.74 Å². The van der Waals surface area contributed by atoms with Gasteiger partial charge in [0, 0.05) is 6.42 Å². The van der Waals surface area contributed by atoms with Gasteiger partial charge in [0.2, 0.25) is 0 Å². The highest BCUT2D eigenvalue weighted by atomic mass is 16.5. The summed E-state index contributed by atoms with van der Waals surface area (Å²) in [7, 11) is 0. The van der Waals surface area contributed by atoms with Crippen molar-refractivity contribution in [1.82, 2.24) is 0 Å². The van der Waals surface area contributed by atoms with Crippen LogP contribution in [0.15, 0.2) is 0 Å². The topological polar surface area (TPSA) is 83.8 Å². The van der Waals surface area contributed by atoms with E-state index in [4.69, 9.17) is 5.11 Å². The van der Waals surface area contributed by atoms with Crippen molar-refractivity contribution < 1.29 is 24.5 Å². The third-order valence-corrected chi connectivity index (χ3v) is 1.77. The number of ether oxygens (including phenoxy) is 1. The predicted octanol–water partition coefficient (Wildman–Crippen LogP) is 0.411. The highest BCUT2D eigenvalue weighted by Gasteiger charge is 2.17. The molecule has 0 rings (SSSR count). The SMILES string of the molecule is CCC(=O)OCC(O)CC(C)C(=O)O. The van der Waals surface area contributed by atoms with Gasteiger partial charge in [0.05, 0.1) is 12.0 Å². The lowest BCUT2D eigenvalue weighted by Gasteiger charge is -2.13. The maximum absolute atomic E-state index is 10.7. The van der Waals surface area contributed by atoms with Crippen LogP contribution in [-0.4, -0.2) is 34.9 Å². The fraction of sp³-hybridized carbons (Fsp3) is 0.778. The molecule has 0 fully saturated rings. The molecule has 0 aromatic heterocycles. The highest BCUT2D eigenvalue weighted by molar-refractivity contribution is 5.69. The lowest BCUT2D eigenvalue weighted by atomic mass is 10.0. The first-order chi connectivity index (χ1) is 6.47. The number of carbonyl (C=O) groups is 2. The molecule has 2 atom stereocenters. The Morgan fingerprint density at radius 2 is 2.00 bits per heavy atom. The van der Waals surface area contributed by atoms with E-state index >= 15 is 0 Å². The molecule has 0 spiro atoms. The Morgan fingerprint density at radius 3 is 2.43 bits per heavy atom. The Morgan fingerprint density at radius 1 is 1.43 bits per heavy atom. The summed E-state index contributed by atoms with van der Waals surface area (Å²) in [4.78, 5) is 21.1. The summed E-state index contributed by atoms with van der Waals surface area (Å²) in [5.41, 5.74) is 0. The van der Waals surface area contributed by atoms with Gasteiger partial charge >= 0.3 is 11.9 Å². The second-order valence-corrected chi connectivity index (χ2v) is 3.17. The Kier molecular flexibility index (Phi) is 5.87. The number of carboxylic acids is 1. The molecule has 82 valence electrons. The molecule has 0 heterocycles. The molecule has 0 saturated heterocycles. The average molecular weight is 204 g/mol. The first kappa shape index (κ1) is 12.9. The van der Waals surface area contributed by atoms with Gasteiger partial charge in [-0.15, -0.1) is 0 Å². The Hall–Kier alpha value is -1.10. The summed E-state index contributed by atoms with van der Waals surface area (Å²) < 4.78 is 4.65. The number of carboxylic acid groups (broad SMARTS) is 1. The maximum atomic E-state index is 10.7. The molecule has 2 N–H and O–H groups in total. The molecule has 0 radical (unpaired) electrons. The Bertz CT molecular complexity index is 201. The number of hydrogen-bond acceptors (Lipinski definition) is 4. The quantitative estimate of drug-likeness (QED) is 0.612. The number of aliphatic hydroxyl groups excluding tert-OH is 1. The summed E-state index contributed by atoms with van der Waals surface area (Å²) in [6.45, 7) is 3.01. The molecule has 0 amide bonds. The van der Waals surface area contributed by atoms with Crippen molar-refractivity contribution in [3.8, 4) is 0 Å². The molecule has 0 aromatic carbocycles. The first-order valence-electron chi connectivity index (χ1n) is 4.53. The third-order valence-electron chi connectivity index (χ3n) is 1.77. The fourth-order valence-corrected chi connectivity index (χ4v) is 0.868. The van der Waals surface area contributed by atoms with E-state index in [0.717, 1.165) is 0 Å². The van der Waals surface area contributed by atoms with Crippen LogP contribution in [0.4, 0.5) is 0 Å². The molecule has 5 heteroatoms. The minimum atomic E-state index is -0.967. The average Bonchev–Trinajstić information content (AvgIpc) is 2.13. The summed E-state index contributed by atoms with van der Waals surface area (Å²) >= 11 is 0. The molecule has 0 saturated carbocycles. The van der Waals surface area contributed by atoms with Gasteiger partial charge in [-0.2, -0.15) is 0 Å². The number of aliphatic carboxylic acids is 1. The Labute approximate surface area is 82.7 Å². The monoisotopic (exact) mass is 204 g/mol. The van der Waals surface area contributed by atoms with E-state index in [1.807, 2.05) is 0 Å². The van der Waals surface area contributed by atoms with Gasteiger partial charge in [0.25, 0.3) is 0 Å². The van der Waals surface area contributed by atoms with Gasteiger partial charge < -0.3 is 14.9 Å². The zero-order valence-corrected chi connectivity index (χ0v) is 8.40. The normalized spacial score (nSPS) is 14.5. The van der Waals surface area contributed by atoms with Crippen molar-refractivity contribution in [3.63, 3.8) is 0 Å². The second-order valence-electron chi connectivity index (χ2n) is 3.17. The summed E-state index contributed by atoms with van der Waals surface area (Å²) in [5, 5.41) is 17.8. The molecular weight excluding hydrogens is 188 g/mol. The summed E-state index contributed by atoms with van der Waals surface area (Å²) in [5.74, 6) is -2.00. The molecule has 0 aliphatic carbocycles. The number of aliphatic hydroxyl groups is 1. The van der Waals surface area contributed by atoms with Gasteiger partial charge in [-0.05, 0) is 6.42 Å². The maximum Gasteiger partial charge on any atom is 0.306 e. The van der Waals surface area contributed by atoms with E-state index in [9.17, 15) is 14.7 Å². The van der Waals surface area contributed by atoms with Crippen LogP contribution in [-0.2, 0) is 14.3 Å². The summed E-state index contributed by atoms with van der Waals surface area (Å²) in [6.07, 6.45) is -0.565. The summed E-state index contributed by atoms with van der Waals surface area (Å²) in [6, 6.07) is 0. The molecular formula is C9H16O5.